The van der Waals surface area contributed by atoms with E-state index in [0.29, 0.717) is 29.3 Å². The molecule has 0 spiro atoms. The van der Waals surface area contributed by atoms with Crippen LogP contribution in [0.5, 0.6) is 5.75 Å². The molecule has 0 fully saturated rings. The van der Waals surface area contributed by atoms with E-state index in [9.17, 15) is 13.2 Å². The van der Waals surface area contributed by atoms with Crippen molar-refractivity contribution in [2.45, 2.75) is 24.7 Å². The lowest BCUT2D eigenvalue weighted by Gasteiger charge is -2.12. The van der Waals surface area contributed by atoms with Crippen molar-refractivity contribution in [2.75, 3.05) is 16.6 Å². The van der Waals surface area contributed by atoms with Gasteiger partial charge in [0.2, 0.25) is 0 Å². The molecule has 0 radical (unpaired) electrons. The first-order valence-electron chi connectivity index (χ1n) is 9.71. The van der Waals surface area contributed by atoms with Crippen LogP contribution in [0.15, 0.2) is 83.8 Å². The molecule has 0 bridgehead atoms. The molecule has 3 aromatic carbocycles. The summed E-state index contributed by atoms with van der Waals surface area (Å²) in [6.07, 6.45) is 1.91. The van der Waals surface area contributed by atoms with Gasteiger partial charge in [0.15, 0.2) is 0 Å². The van der Waals surface area contributed by atoms with E-state index < -0.39 is 10.0 Å². The molecule has 0 aromatic heterocycles. The summed E-state index contributed by atoms with van der Waals surface area (Å²) in [4.78, 5) is 12.8. The van der Waals surface area contributed by atoms with Gasteiger partial charge in [0.05, 0.1) is 17.1 Å². The molecule has 0 saturated carbocycles. The zero-order valence-electron chi connectivity index (χ0n) is 16.7. The lowest BCUT2D eigenvalue weighted by molar-refractivity contribution is 0.102. The maximum Gasteiger partial charge on any atom is 0.261 e. The van der Waals surface area contributed by atoms with Gasteiger partial charge < -0.3 is 10.1 Å². The van der Waals surface area contributed by atoms with Gasteiger partial charge in [0.1, 0.15) is 5.75 Å². The van der Waals surface area contributed by atoms with Gasteiger partial charge in [-0.05, 0) is 55.0 Å². The van der Waals surface area contributed by atoms with Crippen LogP contribution < -0.4 is 14.8 Å². The van der Waals surface area contributed by atoms with Gasteiger partial charge in [0.25, 0.3) is 15.9 Å². The lowest BCUT2D eigenvalue weighted by atomic mass is 10.2. The molecule has 6 nitrogen and oxygen atoms in total. The Morgan fingerprint density at radius 1 is 0.867 bits per heavy atom. The number of hydrogen-bond donors (Lipinski definition) is 2. The Labute approximate surface area is 177 Å². The number of hydrogen-bond acceptors (Lipinski definition) is 4. The normalized spacial score (nSPS) is 11.0. The maximum absolute atomic E-state index is 12.7. The molecule has 0 atom stereocenters. The van der Waals surface area contributed by atoms with E-state index in [0.717, 1.165) is 12.8 Å². The van der Waals surface area contributed by atoms with Crippen molar-refractivity contribution in [2.24, 2.45) is 0 Å². The van der Waals surface area contributed by atoms with Gasteiger partial charge in [-0.2, -0.15) is 0 Å². The fraction of sp³-hybridized carbons (Fsp3) is 0.174. The van der Waals surface area contributed by atoms with Crippen LogP contribution >= 0.6 is 0 Å². The minimum atomic E-state index is -3.71. The molecule has 0 saturated heterocycles. The third-order valence-electron chi connectivity index (χ3n) is 4.34. The summed E-state index contributed by atoms with van der Waals surface area (Å²) in [5.74, 6) is 0.204. The largest absolute Gasteiger partial charge is 0.493 e. The third kappa shape index (κ3) is 5.61. The van der Waals surface area contributed by atoms with Crippen molar-refractivity contribution in [3.8, 4) is 5.75 Å². The second-order valence-electron chi connectivity index (χ2n) is 6.65. The Balaban J connectivity index is 1.69. The highest BCUT2D eigenvalue weighted by molar-refractivity contribution is 7.92. The van der Waals surface area contributed by atoms with E-state index in [2.05, 4.69) is 17.0 Å². The molecule has 30 heavy (non-hydrogen) atoms. The van der Waals surface area contributed by atoms with Crippen LogP contribution in [0.2, 0.25) is 0 Å². The number of unbranched alkanes of at least 4 members (excludes halogenated alkanes) is 1. The molecular formula is C23H24N2O4S. The Kier molecular flexibility index (Phi) is 7.08. The number of ether oxygens (including phenoxy) is 1. The van der Waals surface area contributed by atoms with Crippen LogP contribution in [0, 0.1) is 0 Å². The lowest BCUT2D eigenvalue weighted by Crippen LogP contribution is -2.15. The second-order valence-corrected chi connectivity index (χ2v) is 8.33. The molecule has 3 aromatic rings. The molecule has 0 aliphatic rings. The number of carbonyl (C=O) groups excluding carboxylic acids is 1. The van der Waals surface area contributed by atoms with Gasteiger partial charge in [-0.25, -0.2) is 8.42 Å². The second kappa shape index (κ2) is 9.93. The predicted molar refractivity (Wildman–Crippen MR) is 118 cm³/mol. The number of nitrogens with one attached hydrogen (secondary N) is 2. The Hall–Kier alpha value is -3.32. The minimum Gasteiger partial charge on any atom is -0.493 e. The van der Waals surface area contributed by atoms with Gasteiger partial charge >= 0.3 is 0 Å². The number of benzene rings is 3. The van der Waals surface area contributed by atoms with Crippen LogP contribution in [0.1, 0.15) is 30.1 Å². The van der Waals surface area contributed by atoms with Crippen LogP contribution in [-0.2, 0) is 10.0 Å². The van der Waals surface area contributed by atoms with E-state index in [-0.39, 0.29) is 10.8 Å². The van der Waals surface area contributed by atoms with Crippen molar-refractivity contribution in [3.05, 3.63) is 84.4 Å². The summed E-state index contributed by atoms with van der Waals surface area (Å²) in [6.45, 7) is 2.61. The van der Waals surface area contributed by atoms with Crippen molar-refractivity contribution < 1.29 is 17.9 Å². The summed E-state index contributed by atoms with van der Waals surface area (Å²) in [7, 11) is -3.71. The van der Waals surface area contributed by atoms with E-state index in [1.165, 1.54) is 12.1 Å². The number of carbonyl (C=O) groups is 1. The highest BCUT2D eigenvalue weighted by atomic mass is 32.2. The zero-order valence-corrected chi connectivity index (χ0v) is 17.5. The zero-order chi connectivity index (χ0) is 21.4. The highest BCUT2D eigenvalue weighted by Gasteiger charge is 2.16. The standard InChI is InChI=1S/C23H24N2O4S/c1-2-3-17-29-22-12-8-7-11-21(22)23(26)24-18-13-15-20(16-14-18)30(27,28)25-19-9-5-4-6-10-19/h4-16,25H,2-3,17H2,1H3,(H,24,26). The maximum atomic E-state index is 12.7. The Bertz CT molecular complexity index is 1080. The van der Waals surface area contributed by atoms with Gasteiger partial charge in [-0.15, -0.1) is 0 Å². The molecule has 7 heteroatoms. The molecule has 0 heterocycles. The summed E-state index contributed by atoms with van der Waals surface area (Å²) in [6, 6.07) is 21.7. The Morgan fingerprint density at radius 2 is 1.53 bits per heavy atom. The average Bonchev–Trinajstić information content (AvgIpc) is 2.75. The first-order valence-corrected chi connectivity index (χ1v) is 11.2. The predicted octanol–water partition coefficient (Wildman–Crippen LogP) is 4.92. The summed E-state index contributed by atoms with van der Waals surface area (Å²) < 4.78 is 33.3. The molecular weight excluding hydrogens is 400 g/mol. The van der Waals surface area contributed by atoms with Gasteiger partial charge in [-0.3, -0.25) is 9.52 Å². The van der Waals surface area contributed by atoms with E-state index in [4.69, 9.17) is 4.74 Å². The number of anilines is 2. The Morgan fingerprint density at radius 3 is 2.23 bits per heavy atom. The SMILES string of the molecule is CCCCOc1ccccc1C(=O)Nc1ccc(S(=O)(=O)Nc2ccccc2)cc1. The van der Waals surface area contributed by atoms with Crippen molar-refractivity contribution in [1.29, 1.82) is 0 Å². The number of amides is 1. The minimum absolute atomic E-state index is 0.104. The molecule has 1 amide bonds. The molecule has 3 rings (SSSR count). The van der Waals surface area contributed by atoms with Crippen LogP contribution in [0.3, 0.4) is 0 Å². The smallest absolute Gasteiger partial charge is 0.261 e. The number of para-hydroxylation sites is 2. The van der Waals surface area contributed by atoms with Gasteiger partial charge in [-0.1, -0.05) is 43.7 Å². The van der Waals surface area contributed by atoms with Crippen LogP contribution in [0.4, 0.5) is 11.4 Å². The fourth-order valence-electron chi connectivity index (χ4n) is 2.74. The number of rotatable bonds is 9. The summed E-state index contributed by atoms with van der Waals surface area (Å²) in [5.41, 5.74) is 1.40. The van der Waals surface area contributed by atoms with Crippen molar-refractivity contribution in [3.63, 3.8) is 0 Å². The first kappa shape index (κ1) is 21.4. The van der Waals surface area contributed by atoms with Crippen molar-refractivity contribution >= 4 is 27.3 Å². The summed E-state index contributed by atoms with van der Waals surface area (Å²) in [5, 5.41) is 2.78. The molecule has 0 aliphatic carbocycles. The molecule has 0 unspecified atom stereocenters. The van der Waals surface area contributed by atoms with E-state index >= 15 is 0 Å². The highest BCUT2D eigenvalue weighted by Crippen LogP contribution is 2.22. The van der Waals surface area contributed by atoms with Crippen LogP contribution in [0.25, 0.3) is 0 Å². The topological polar surface area (TPSA) is 84.5 Å². The number of sulfonamides is 1. The fourth-order valence-corrected chi connectivity index (χ4v) is 3.80. The summed E-state index contributed by atoms with van der Waals surface area (Å²) >= 11 is 0. The molecule has 0 aliphatic heterocycles. The monoisotopic (exact) mass is 424 g/mol. The first-order chi connectivity index (χ1) is 14.5. The van der Waals surface area contributed by atoms with E-state index in [1.54, 1.807) is 54.6 Å². The molecule has 156 valence electrons. The quantitative estimate of drug-likeness (QED) is 0.478. The van der Waals surface area contributed by atoms with E-state index in [1.807, 2.05) is 12.1 Å². The average molecular weight is 425 g/mol. The van der Waals surface area contributed by atoms with Crippen LogP contribution in [-0.4, -0.2) is 20.9 Å². The van der Waals surface area contributed by atoms with Crippen molar-refractivity contribution in [1.82, 2.24) is 0 Å². The van der Waals surface area contributed by atoms with Gasteiger partial charge in [0, 0.05) is 11.4 Å². The third-order valence-corrected chi connectivity index (χ3v) is 5.73. The molecule has 2 N–H and O–H groups in total.